The third-order valence-electron chi connectivity index (χ3n) is 4.49. The van der Waals surface area contributed by atoms with Gasteiger partial charge in [-0.2, -0.15) is 0 Å². The second-order valence-corrected chi connectivity index (χ2v) is 7.37. The highest BCUT2D eigenvalue weighted by molar-refractivity contribution is 5.96. The number of benzene rings is 2. The van der Waals surface area contributed by atoms with Crippen LogP contribution >= 0.6 is 0 Å². The van der Waals surface area contributed by atoms with Crippen molar-refractivity contribution in [3.8, 4) is 11.6 Å². The van der Waals surface area contributed by atoms with Crippen molar-refractivity contribution in [3.63, 3.8) is 0 Å². The molecule has 1 heterocycles. The Kier molecular flexibility index (Phi) is 6.23. The molecule has 0 fully saturated rings. The van der Waals surface area contributed by atoms with Crippen LogP contribution in [0.1, 0.15) is 52.6 Å². The lowest BCUT2D eigenvalue weighted by Gasteiger charge is -2.18. The van der Waals surface area contributed by atoms with Crippen LogP contribution in [0, 0.1) is 0 Å². The minimum Gasteiger partial charge on any atom is -0.438 e. The number of aliphatic hydroxyl groups is 1. The quantitative estimate of drug-likeness (QED) is 0.582. The molecule has 1 amide bonds. The number of nitrogens with zero attached hydrogens (tertiary/aromatic N) is 2. The molecule has 0 aliphatic rings. The summed E-state index contributed by atoms with van der Waals surface area (Å²) in [6.07, 6.45) is 2.67. The van der Waals surface area contributed by atoms with Gasteiger partial charge in [-0.25, -0.2) is 9.97 Å². The van der Waals surface area contributed by atoms with Crippen molar-refractivity contribution < 1.29 is 19.4 Å². The van der Waals surface area contributed by atoms with E-state index in [0.29, 0.717) is 17.9 Å². The standard InChI is InChI=1S/C23H23N3O4/c1-15(27)17-5-4-6-19(11-17)30-22-20(13-24-14-26-22)21(28)25-12-16-7-9-18(10-8-16)23(2,3)29/h4-11,13-14,29H,12H2,1-3H3,(H,25,28). The van der Waals surface area contributed by atoms with Gasteiger partial charge < -0.3 is 15.2 Å². The minimum atomic E-state index is -0.922. The summed E-state index contributed by atoms with van der Waals surface area (Å²) >= 11 is 0. The molecule has 0 aliphatic carbocycles. The van der Waals surface area contributed by atoms with Crippen LogP contribution in [0.4, 0.5) is 0 Å². The third-order valence-corrected chi connectivity index (χ3v) is 4.49. The normalized spacial score (nSPS) is 11.1. The Balaban J connectivity index is 1.71. The molecule has 2 N–H and O–H groups in total. The van der Waals surface area contributed by atoms with Crippen LogP contribution in [0.25, 0.3) is 0 Å². The number of hydrogen-bond acceptors (Lipinski definition) is 6. The van der Waals surface area contributed by atoms with Gasteiger partial charge in [-0.1, -0.05) is 36.4 Å². The molecule has 7 nitrogen and oxygen atoms in total. The molecule has 7 heteroatoms. The largest absolute Gasteiger partial charge is 0.438 e. The molecule has 0 atom stereocenters. The first-order valence-corrected chi connectivity index (χ1v) is 9.43. The molecular formula is C23H23N3O4. The molecular weight excluding hydrogens is 382 g/mol. The van der Waals surface area contributed by atoms with E-state index in [4.69, 9.17) is 4.74 Å². The molecule has 0 spiro atoms. The maximum absolute atomic E-state index is 12.7. The van der Waals surface area contributed by atoms with Crippen LogP contribution < -0.4 is 10.1 Å². The number of ketones is 1. The number of amides is 1. The smallest absolute Gasteiger partial charge is 0.258 e. The lowest BCUT2D eigenvalue weighted by molar-refractivity contribution is 0.0785. The van der Waals surface area contributed by atoms with Crippen LogP contribution in [-0.2, 0) is 12.1 Å². The third kappa shape index (κ3) is 5.27. The molecule has 0 aliphatic heterocycles. The number of carbonyl (C=O) groups excluding carboxylic acids is 2. The topological polar surface area (TPSA) is 101 Å². The monoisotopic (exact) mass is 405 g/mol. The fourth-order valence-electron chi connectivity index (χ4n) is 2.75. The summed E-state index contributed by atoms with van der Waals surface area (Å²) < 4.78 is 5.73. The lowest BCUT2D eigenvalue weighted by Crippen LogP contribution is -2.24. The molecule has 0 unspecified atom stereocenters. The zero-order chi connectivity index (χ0) is 21.7. The Labute approximate surface area is 174 Å². The van der Waals surface area contributed by atoms with Crippen molar-refractivity contribution in [1.82, 2.24) is 15.3 Å². The number of hydrogen-bond donors (Lipinski definition) is 2. The number of carbonyl (C=O) groups is 2. The molecule has 0 radical (unpaired) electrons. The van der Waals surface area contributed by atoms with Gasteiger partial charge >= 0.3 is 0 Å². The van der Waals surface area contributed by atoms with Gasteiger partial charge in [0.1, 0.15) is 17.6 Å². The average molecular weight is 405 g/mol. The fraction of sp³-hybridized carbons (Fsp3) is 0.217. The Morgan fingerprint density at radius 2 is 1.87 bits per heavy atom. The first-order valence-electron chi connectivity index (χ1n) is 9.43. The van der Waals surface area contributed by atoms with E-state index in [0.717, 1.165) is 11.1 Å². The summed E-state index contributed by atoms with van der Waals surface area (Å²) in [5.74, 6) is 0.0230. The summed E-state index contributed by atoms with van der Waals surface area (Å²) in [6, 6.07) is 14.0. The van der Waals surface area contributed by atoms with Crippen molar-refractivity contribution in [2.45, 2.75) is 32.9 Å². The van der Waals surface area contributed by atoms with Gasteiger partial charge in [-0.3, -0.25) is 9.59 Å². The van der Waals surface area contributed by atoms with Crippen molar-refractivity contribution in [2.75, 3.05) is 0 Å². The second kappa shape index (κ2) is 8.84. The molecule has 154 valence electrons. The molecule has 3 aromatic rings. The van der Waals surface area contributed by atoms with Gasteiger partial charge in [0.05, 0.1) is 5.60 Å². The van der Waals surface area contributed by atoms with Crippen molar-refractivity contribution in [3.05, 3.63) is 83.3 Å². The molecule has 0 bridgehead atoms. The van der Waals surface area contributed by atoms with E-state index < -0.39 is 5.60 Å². The Morgan fingerprint density at radius 3 is 2.53 bits per heavy atom. The second-order valence-electron chi connectivity index (χ2n) is 7.37. The summed E-state index contributed by atoms with van der Waals surface area (Å²) in [5.41, 5.74) is 1.43. The van der Waals surface area contributed by atoms with Crippen molar-refractivity contribution in [1.29, 1.82) is 0 Å². The van der Waals surface area contributed by atoms with E-state index in [-0.39, 0.29) is 23.1 Å². The minimum absolute atomic E-state index is 0.0864. The predicted octanol–water partition coefficient (Wildman–Crippen LogP) is 3.63. The van der Waals surface area contributed by atoms with E-state index in [9.17, 15) is 14.7 Å². The van der Waals surface area contributed by atoms with Gasteiger partial charge in [0.25, 0.3) is 5.91 Å². The summed E-state index contributed by atoms with van der Waals surface area (Å²) in [7, 11) is 0. The highest BCUT2D eigenvalue weighted by atomic mass is 16.5. The van der Waals surface area contributed by atoms with Crippen LogP contribution in [0.5, 0.6) is 11.6 Å². The summed E-state index contributed by atoms with van der Waals surface area (Å²) in [5, 5.41) is 12.8. The number of ether oxygens (including phenoxy) is 1. The first kappa shape index (κ1) is 21.1. The number of aromatic nitrogens is 2. The molecule has 3 rings (SSSR count). The van der Waals surface area contributed by atoms with Crippen LogP contribution in [0.3, 0.4) is 0 Å². The molecule has 2 aromatic carbocycles. The van der Waals surface area contributed by atoms with E-state index in [1.807, 2.05) is 24.3 Å². The van der Waals surface area contributed by atoms with Crippen LogP contribution in [0.15, 0.2) is 61.1 Å². The van der Waals surface area contributed by atoms with Crippen molar-refractivity contribution >= 4 is 11.7 Å². The van der Waals surface area contributed by atoms with Gasteiger partial charge in [-0.05, 0) is 44.0 Å². The van der Waals surface area contributed by atoms with Crippen molar-refractivity contribution in [2.24, 2.45) is 0 Å². The van der Waals surface area contributed by atoms with Gasteiger partial charge in [-0.15, -0.1) is 0 Å². The zero-order valence-electron chi connectivity index (χ0n) is 17.0. The molecule has 30 heavy (non-hydrogen) atoms. The Morgan fingerprint density at radius 1 is 1.13 bits per heavy atom. The number of Topliss-reactive ketones (excluding diaryl/α,β-unsaturated/α-hetero) is 1. The Hall–Kier alpha value is -3.58. The molecule has 1 aromatic heterocycles. The average Bonchev–Trinajstić information content (AvgIpc) is 2.72. The van der Waals surface area contributed by atoms with E-state index in [1.165, 1.54) is 19.4 Å². The van der Waals surface area contributed by atoms with E-state index in [1.54, 1.807) is 38.1 Å². The maximum Gasteiger partial charge on any atom is 0.258 e. The van der Waals surface area contributed by atoms with Crippen LogP contribution in [-0.4, -0.2) is 26.8 Å². The van der Waals surface area contributed by atoms with Gasteiger partial charge in [0, 0.05) is 18.3 Å². The SMILES string of the molecule is CC(=O)c1cccc(Oc2ncncc2C(=O)NCc2ccc(C(C)(C)O)cc2)c1. The molecule has 0 saturated carbocycles. The lowest BCUT2D eigenvalue weighted by atomic mass is 9.97. The highest BCUT2D eigenvalue weighted by Gasteiger charge is 2.17. The summed E-state index contributed by atoms with van der Waals surface area (Å²) in [6.45, 7) is 5.19. The predicted molar refractivity (Wildman–Crippen MR) is 111 cm³/mol. The Bertz CT molecular complexity index is 1060. The zero-order valence-corrected chi connectivity index (χ0v) is 17.0. The first-order chi connectivity index (χ1) is 14.2. The van der Waals surface area contributed by atoms with E-state index in [2.05, 4.69) is 15.3 Å². The van der Waals surface area contributed by atoms with Crippen LogP contribution in [0.2, 0.25) is 0 Å². The number of nitrogens with one attached hydrogen (secondary N) is 1. The maximum atomic E-state index is 12.7. The van der Waals surface area contributed by atoms with Gasteiger partial charge in [0.15, 0.2) is 5.78 Å². The highest BCUT2D eigenvalue weighted by Crippen LogP contribution is 2.24. The van der Waals surface area contributed by atoms with E-state index >= 15 is 0 Å². The number of rotatable bonds is 7. The molecule has 0 saturated heterocycles. The fourth-order valence-corrected chi connectivity index (χ4v) is 2.75. The van der Waals surface area contributed by atoms with Gasteiger partial charge in [0.2, 0.25) is 5.88 Å². The summed E-state index contributed by atoms with van der Waals surface area (Å²) in [4.78, 5) is 32.2.